The first-order valence-electron chi connectivity index (χ1n) is 3.62. The van der Waals surface area contributed by atoms with Gasteiger partial charge in [0.05, 0.1) is 6.07 Å². The zero-order chi connectivity index (χ0) is 10.3. The molecule has 13 heavy (non-hydrogen) atoms. The molecule has 1 unspecified atom stereocenters. The Labute approximate surface area is 77.3 Å². The molecule has 1 N–H and O–H groups in total. The number of carbonyl (C=O) groups is 1. The SMILES string of the molecule is C=[C]C(C=CC#N)C=C(C)C(=O)O. The third kappa shape index (κ3) is 4.59. The number of rotatable bonds is 4. The maximum atomic E-state index is 10.4. The second-order valence-corrected chi connectivity index (χ2v) is 2.37. The van der Waals surface area contributed by atoms with Gasteiger partial charge in [0, 0.05) is 17.6 Å². The Hall–Kier alpha value is -1.82. The molecule has 0 aliphatic carbocycles. The monoisotopic (exact) mass is 176 g/mol. The second kappa shape index (κ2) is 5.78. The molecule has 0 spiro atoms. The van der Waals surface area contributed by atoms with Gasteiger partial charge in [-0.25, -0.2) is 4.79 Å². The zero-order valence-corrected chi connectivity index (χ0v) is 7.32. The molecular formula is C10H10NO2. The first-order valence-corrected chi connectivity index (χ1v) is 3.62. The van der Waals surface area contributed by atoms with Gasteiger partial charge in [0.2, 0.25) is 0 Å². The lowest BCUT2D eigenvalue weighted by Gasteiger charge is -1.99. The van der Waals surface area contributed by atoms with Crippen LogP contribution < -0.4 is 0 Å². The van der Waals surface area contributed by atoms with E-state index in [1.165, 1.54) is 25.2 Å². The number of hydrogen-bond donors (Lipinski definition) is 1. The molecule has 0 fully saturated rings. The lowest BCUT2D eigenvalue weighted by Crippen LogP contribution is -1.98. The molecule has 3 nitrogen and oxygen atoms in total. The Balaban J connectivity index is 4.55. The van der Waals surface area contributed by atoms with Crippen LogP contribution in [0.5, 0.6) is 0 Å². The fraction of sp³-hybridized carbons (Fsp3) is 0.200. The van der Waals surface area contributed by atoms with Crippen molar-refractivity contribution in [2.75, 3.05) is 0 Å². The van der Waals surface area contributed by atoms with Gasteiger partial charge in [-0.3, -0.25) is 0 Å². The van der Waals surface area contributed by atoms with Gasteiger partial charge >= 0.3 is 5.97 Å². The van der Waals surface area contributed by atoms with Crippen molar-refractivity contribution in [1.29, 1.82) is 5.26 Å². The van der Waals surface area contributed by atoms with Gasteiger partial charge in [-0.15, -0.1) is 0 Å². The predicted molar refractivity (Wildman–Crippen MR) is 48.5 cm³/mol. The van der Waals surface area contributed by atoms with Crippen molar-refractivity contribution in [2.24, 2.45) is 5.92 Å². The molecule has 0 aromatic heterocycles. The Morgan fingerprint density at radius 2 is 2.31 bits per heavy atom. The number of carboxylic acid groups (broad SMARTS) is 1. The minimum atomic E-state index is -0.981. The van der Waals surface area contributed by atoms with E-state index in [0.29, 0.717) is 0 Å². The molecule has 0 bridgehead atoms. The average Bonchev–Trinajstić information content (AvgIpc) is 2.11. The molecule has 1 radical (unpaired) electrons. The summed E-state index contributed by atoms with van der Waals surface area (Å²) < 4.78 is 0. The lowest BCUT2D eigenvalue weighted by atomic mass is 10.1. The van der Waals surface area contributed by atoms with Crippen molar-refractivity contribution in [3.05, 3.63) is 36.5 Å². The van der Waals surface area contributed by atoms with E-state index >= 15 is 0 Å². The fourth-order valence-electron chi connectivity index (χ4n) is 0.670. The standard InChI is InChI=1S/C10H10NO2/c1-3-9(5-4-6-11)7-8(2)10(12)13/h4-5,7,9H,1H2,2H3,(H,12,13). The third-order valence-electron chi connectivity index (χ3n) is 1.38. The minimum Gasteiger partial charge on any atom is -0.478 e. The Morgan fingerprint density at radius 1 is 1.69 bits per heavy atom. The Kier molecular flexibility index (Phi) is 4.97. The molecule has 0 aromatic carbocycles. The van der Waals surface area contributed by atoms with Crippen LogP contribution in [0.1, 0.15) is 6.92 Å². The quantitative estimate of drug-likeness (QED) is 0.523. The van der Waals surface area contributed by atoms with Crippen LogP contribution in [-0.4, -0.2) is 11.1 Å². The Morgan fingerprint density at radius 3 is 2.69 bits per heavy atom. The largest absolute Gasteiger partial charge is 0.478 e. The number of nitrogens with zero attached hydrogens (tertiary/aromatic N) is 1. The van der Waals surface area contributed by atoms with Crippen molar-refractivity contribution in [3.8, 4) is 6.07 Å². The van der Waals surface area contributed by atoms with Gasteiger partial charge in [0.15, 0.2) is 0 Å². The molecule has 0 heterocycles. The normalized spacial score (nSPS) is 13.7. The van der Waals surface area contributed by atoms with E-state index in [1.54, 1.807) is 0 Å². The average molecular weight is 176 g/mol. The van der Waals surface area contributed by atoms with Crippen molar-refractivity contribution in [1.82, 2.24) is 0 Å². The summed E-state index contributed by atoms with van der Waals surface area (Å²) >= 11 is 0. The van der Waals surface area contributed by atoms with Crippen molar-refractivity contribution < 1.29 is 9.90 Å². The topological polar surface area (TPSA) is 61.1 Å². The molecule has 0 aliphatic rings. The van der Waals surface area contributed by atoms with Gasteiger partial charge in [-0.05, 0) is 13.0 Å². The van der Waals surface area contributed by atoms with Crippen molar-refractivity contribution >= 4 is 5.97 Å². The van der Waals surface area contributed by atoms with Crippen LogP contribution in [0.15, 0.2) is 30.4 Å². The van der Waals surface area contributed by atoms with Crippen LogP contribution >= 0.6 is 0 Å². The maximum Gasteiger partial charge on any atom is 0.330 e. The van der Waals surface area contributed by atoms with Crippen LogP contribution in [0.2, 0.25) is 0 Å². The smallest absolute Gasteiger partial charge is 0.330 e. The van der Waals surface area contributed by atoms with Crippen molar-refractivity contribution in [3.63, 3.8) is 0 Å². The van der Waals surface area contributed by atoms with Gasteiger partial charge in [-0.1, -0.05) is 18.7 Å². The van der Waals surface area contributed by atoms with E-state index in [0.717, 1.165) is 0 Å². The highest BCUT2D eigenvalue weighted by Gasteiger charge is 2.02. The zero-order valence-electron chi connectivity index (χ0n) is 7.32. The summed E-state index contributed by atoms with van der Waals surface area (Å²) in [5, 5.41) is 16.8. The van der Waals surface area contributed by atoms with Gasteiger partial charge in [0.1, 0.15) is 0 Å². The second-order valence-electron chi connectivity index (χ2n) is 2.37. The Bertz CT molecular complexity index is 295. The van der Waals surface area contributed by atoms with Gasteiger partial charge < -0.3 is 5.11 Å². The van der Waals surface area contributed by atoms with Crippen LogP contribution in [0.25, 0.3) is 0 Å². The minimum absolute atomic E-state index is 0.212. The first-order chi connectivity index (χ1) is 6.11. The highest BCUT2D eigenvalue weighted by molar-refractivity contribution is 5.85. The fourth-order valence-corrected chi connectivity index (χ4v) is 0.670. The van der Waals surface area contributed by atoms with E-state index in [9.17, 15) is 4.79 Å². The highest BCUT2D eigenvalue weighted by Crippen LogP contribution is 2.05. The number of nitriles is 1. The summed E-state index contributed by atoms with van der Waals surface area (Å²) in [6.45, 7) is 4.88. The summed E-state index contributed by atoms with van der Waals surface area (Å²) in [5.74, 6) is -1.30. The van der Waals surface area contributed by atoms with E-state index in [-0.39, 0.29) is 11.5 Å². The number of hydrogen-bond acceptors (Lipinski definition) is 2. The van der Waals surface area contributed by atoms with Crippen LogP contribution in [-0.2, 0) is 4.79 Å². The van der Waals surface area contributed by atoms with Crippen LogP contribution in [0, 0.1) is 23.3 Å². The summed E-state index contributed by atoms with van der Waals surface area (Å²) in [6.07, 6.45) is 6.87. The van der Waals surface area contributed by atoms with Crippen LogP contribution in [0.3, 0.4) is 0 Å². The lowest BCUT2D eigenvalue weighted by molar-refractivity contribution is -0.132. The molecule has 0 saturated carbocycles. The van der Waals surface area contributed by atoms with Gasteiger partial charge in [-0.2, -0.15) is 5.26 Å². The van der Waals surface area contributed by atoms with Gasteiger partial charge in [0.25, 0.3) is 0 Å². The predicted octanol–water partition coefficient (Wildman–Crippen LogP) is 1.70. The molecule has 67 valence electrons. The van der Waals surface area contributed by atoms with Crippen molar-refractivity contribution in [2.45, 2.75) is 6.92 Å². The molecule has 0 saturated heterocycles. The summed E-state index contributed by atoms with van der Waals surface area (Å²) in [7, 11) is 0. The molecule has 0 aromatic rings. The number of aliphatic carboxylic acids is 1. The number of allylic oxidation sites excluding steroid dienone is 4. The maximum absolute atomic E-state index is 10.4. The van der Waals surface area contributed by atoms with E-state index in [1.807, 2.05) is 6.07 Å². The molecule has 3 heteroatoms. The summed E-state index contributed by atoms with van der Waals surface area (Å²) in [5.41, 5.74) is 0.212. The summed E-state index contributed by atoms with van der Waals surface area (Å²) in [6, 6.07) is 1.81. The van der Waals surface area contributed by atoms with Crippen LogP contribution in [0.4, 0.5) is 0 Å². The molecular weight excluding hydrogens is 166 g/mol. The van der Waals surface area contributed by atoms with E-state index < -0.39 is 5.97 Å². The van der Waals surface area contributed by atoms with E-state index in [2.05, 4.69) is 12.7 Å². The summed E-state index contributed by atoms with van der Waals surface area (Å²) in [4.78, 5) is 10.4. The molecule has 0 aliphatic heterocycles. The highest BCUT2D eigenvalue weighted by atomic mass is 16.4. The molecule has 0 rings (SSSR count). The molecule has 1 atom stereocenters. The third-order valence-corrected chi connectivity index (χ3v) is 1.38. The molecule has 0 amide bonds. The first kappa shape index (κ1) is 11.2. The van der Waals surface area contributed by atoms with E-state index in [4.69, 9.17) is 10.4 Å². The number of carboxylic acids is 1.